The number of sulfonamides is 2. The number of hydrogen-bond donors (Lipinski definition) is 2. The zero-order valence-electron chi connectivity index (χ0n) is 18.0. The molecule has 2 rings (SSSR count). The molecule has 1 atom stereocenters. The third-order valence-electron chi connectivity index (χ3n) is 4.40. The van der Waals surface area contributed by atoms with E-state index in [1.54, 1.807) is 6.92 Å². The van der Waals surface area contributed by atoms with Gasteiger partial charge in [0.25, 0.3) is 26.0 Å². The zero-order chi connectivity index (χ0) is 23.9. The summed E-state index contributed by atoms with van der Waals surface area (Å²) in [5.74, 6) is -1.85. The lowest BCUT2D eigenvalue weighted by atomic mass is 10.1. The van der Waals surface area contributed by atoms with Crippen LogP contribution in [0.4, 0.5) is 0 Å². The highest BCUT2D eigenvalue weighted by atomic mass is 32.3. The molecule has 0 aromatic carbocycles. The number of hydrogen-bond acceptors (Lipinski definition) is 10. The van der Waals surface area contributed by atoms with Crippen LogP contribution in [0.2, 0.25) is 0 Å². The molecule has 1 aromatic rings. The van der Waals surface area contributed by atoms with E-state index in [-0.39, 0.29) is 28.1 Å². The lowest BCUT2D eigenvalue weighted by molar-refractivity contribution is -0.137. The Morgan fingerprint density at radius 2 is 2.03 bits per heavy atom. The number of carbonyl (C=O) groups is 2. The highest BCUT2D eigenvalue weighted by molar-refractivity contribution is 7.94. The molecular formula is C18H27N3O8S3. The molecule has 2 heterocycles. The summed E-state index contributed by atoms with van der Waals surface area (Å²) in [4.78, 5) is 23.2. The minimum atomic E-state index is -4.36. The maximum Gasteiger partial charge on any atom is 0.330 e. The van der Waals surface area contributed by atoms with Gasteiger partial charge in [0.05, 0.1) is 6.61 Å². The first kappa shape index (κ1) is 26.4. The first-order valence-corrected chi connectivity index (χ1v) is 13.6. The molecule has 14 heteroatoms. The van der Waals surface area contributed by atoms with Crippen LogP contribution in [0.15, 0.2) is 26.6 Å². The molecule has 0 spiro atoms. The number of fused-ring (bicyclic) bond motifs is 1. The minimum Gasteiger partial charge on any atom is -0.463 e. The summed E-state index contributed by atoms with van der Waals surface area (Å²) >= 11 is 0.577. The molecule has 0 unspecified atom stereocenters. The highest BCUT2D eigenvalue weighted by Gasteiger charge is 2.40. The fraction of sp³-hybridized carbons (Fsp3) is 0.556. The number of rotatable bonds is 11. The molecule has 0 bridgehead atoms. The van der Waals surface area contributed by atoms with E-state index in [0.717, 1.165) is 12.2 Å². The van der Waals surface area contributed by atoms with Crippen molar-refractivity contribution < 1.29 is 35.9 Å². The van der Waals surface area contributed by atoms with Crippen molar-refractivity contribution >= 4 is 43.3 Å². The number of nitrogens with zero attached hydrogens (tertiary/aromatic N) is 1. The predicted octanol–water partition coefficient (Wildman–Crippen LogP) is 0.364. The number of amides is 1. The second-order valence-corrected chi connectivity index (χ2v) is 11.8. The molecule has 0 saturated carbocycles. The van der Waals surface area contributed by atoms with Crippen LogP contribution in [0.3, 0.4) is 0 Å². The summed E-state index contributed by atoms with van der Waals surface area (Å²) in [6.07, 6.45) is 2.03. The maximum atomic E-state index is 13.1. The molecule has 0 saturated heterocycles. The Morgan fingerprint density at radius 3 is 2.66 bits per heavy atom. The van der Waals surface area contributed by atoms with E-state index in [1.807, 2.05) is 11.6 Å². The van der Waals surface area contributed by atoms with Crippen LogP contribution in [0.1, 0.15) is 31.9 Å². The van der Waals surface area contributed by atoms with Gasteiger partial charge in [0.15, 0.2) is 0 Å². The van der Waals surface area contributed by atoms with E-state index in [1.165, 1.54) is 17.5 Å². The van der Waals surface area contributed by atoms with Gasteiger partial charge in [-0.25, -0.2) is 26.4 Å². The summed E-state index contributed by atoms with van der Waals surface area (Å²) in [7, 11) is -6.74. The number of ether oxygens (including phenoxy) is 2. The molecule has 180 valence electrons. The summed E-state index contributed by atoms with van der Waals surface area (Å²) in [5, 5.41) is 3.17. The molecular weight excluding hydrogens is 482 g/mol. The number of carbonyl (C=O) groups excluding carboxylic acids is 2. The van der Waals surface area contributed by atoms with Gasteiger partial charge in [0.1, 0.15) is 8.42 Å². The topological polar surface area (TPSA) is 148 Å². The molecule has 1 aromatic heterocycles. The molecule has 0 aliphatic carbocycles. The van der Waals surface area contributed by atoms with Crippen LogP contribution < -0.4 is 10.0 Å². The molecule has 0 fully saturated rings. The van der Waals surface area contributed by atoms with Gasteiger partial charge in [-0.1, -0.05) is 6.92 Å². The van der Waals surface area contributed by atoms with Crippen LogP contribution >= 0.6 is 11.3 Å². The van der Waals surface area contributed by atoms with Gasteiger partial charge >= 0.3 is 5.97 Å². The average molecular weight is 510 g/mol. The molecule has 2 N–H and O–H groups in total. The zero-order valence-corrected chi connectivity index (χ0v) is 20.4. The third-order valence-corrected chi connectivity index (χ3v) is 9.77. The molecule has 0 radical (unpaired) electrons. The van der Waals surface area contributed by atoms with Crippen molar-refractivity contribution in [1.82, 2.24) is 14.3 Å². The monoisotopic (exact) mass is 509 g/mol. The number of likely N-dealkylation sites (N-methyl/N-ethyl adjacent to an activating group) is 1. The van der Waals surface area contributed by atoms with Crippen molar-refractivity contribution in [2.75, 3.05) is 40.0 Å². The van der Waals surface area contributed by atoms with E-state index >= 15 is 0 Å². The van der Waals surface area contributed by atoms with E-state index in [4.69, 9.17) is 4.74 Å². The Bertz CT molecular complexity index is 1060. The Kier molecular flexibility index (Phi) is 9.36. The van der Waals surface area contributed by atoms with Crippen LogP contribution in [0.5, 0.6) is 0 Å². The van der Waals surface area contributed by atoms with Crippen molar-refractivity contribution in [1.29, 1.82) is 0 Å². The first-order valence-electron chi connectivity index (χ1n) is 9.84. The smallest absolute Gasteiger partial charge is 0.330 e. The minimum absolute atomic E-state index is 0.0815. The van der Waals surface area contributed by atoms with E-state index in [0.29, 0.717) is 36.5 Å². The van der Waals surface area contributed by atoms with Gasteiger partial charge in [0.2, 0.25) is 0 Å². The summed E-state index contributed by atoms with van der Waals surface area (Å²) in [6, 6.07) is 0.864. The van der Waals surface area contributed by atoms with E-state index < -0.39 is 38.0 Å². The molecule has 1 aliphatic rings. The molecule has 1 aliphatic heterocycles. The van der Waals surface area contributed by atoms with Crippen LogP contribution in [0.25, 0.3) is 0 Å². The van der Waals surface area contributed by atoms with Crippen molar-refractivity contribution in [3.63, 3.8) is 0 Å². The average Bonchev–Trinajstić information content (AvgIpc) is 3.18. The van der Waals surface area contributed by atoms with Crippen LogP contribution in [-0.4, -0.2) is 73.0 Å². The molecule has 1 amide bonds. The first-order chi connectivity index (χ1) is 15.1. The maximum absolute atomic E-state index is 13.1. The SMILES string of the molecule is CCN[C@H]1CN(CCCOC)S(=O)(=O)c2sc(S(=O)(=O)NC(=O)/C=C/C(=O)OCC)cc21. The fourth-order valence-electron chi connectivity index (χ4n) is 3.03. The van der Waals surface area contributed by atoms with Gasteiger partial charge < -0.3 is 14.8 Å². The normalized spacial score (nSPS) is 18.4. The number of methoxy groups -OCH3 is 1. The Balaban J connectivity index is 2.32. The van der Waals surface area contributed by atoms with Gasteiger partial charge in [-0.15, -0.1) is 11.3 Å². The van der Waals surface area contributed by atoms with Crippen molar-refractivity contribution in [2.45, 2.75) is 34.7 Å². The summed E-state index contributed by atoms with van der Waals surface area (Å²) in [6.45, 7) is 4.86. The molecule has 32 heavy (non-hydrogen) atoms. The summed E-state index contributed by atoms with van der Waals surface area (Å²) < 4.78 is 63.8. The standard InChI is InChI=1S/C18H27N3O8S3/c1-4-19-14-12-21(9-6-10-28-3)32(26,27)18-13(14)11-17(30-18)31(24,25)20-15(22)7-8-16(23)29-5-2/h7-8,11,14,19H,4-6,9-10,12H2,1-3H3,(H,20,22)/b8-7+/t14-/m0/s1. The van der Waals surface area contributed by atoms with Crippen LogP contribution in [-0.2, 0) is 39.1 Å². The fourth-order valence-corrected chi connectivity index (χ4v) is 7.86. The second kappa shape index (κ2) is 11.3. The second-order valence-electron chi connectivity index (χ2n) is 6.68. The Morgan fingerprint density at radius 1 is 1.31 bits per heavy atom. The van der Waals surface area contributed by atoms with Crippen molar-refractivity contribution in [3.05, 3.63) is 23.8 Å². The van der Waals surface area contributed by atoms with Crippen molar-refractivity contribution in [2.24, 2.45) is 0 Å². The largest absolute Gasteiger partial charge is 0.463 e. The van der Waals surface area contributed by atoms with E-state index in [9.17, 15) is 26.4 Å². The van der Waals surface area contributed by atoms with Gasteiger partial charge in [-0.2, -0.15) is 4.31 Å². The van der Waals surface area contributed by atoms with Gasteiger partial charge in [-0.3, -0.25) is 4.79 Å². The predicted molar refractivity (Wildman–Crippen MR) is 117 cm³/mol. The lowest BCUT2D eigenvalue weighted by Gasteiger charge is -2.32. The van der Waals surface area contributed by atoms with Crippen LogP contribution in [0, 0.1) is 0 Å². The highest BCUT2D eigenvalue weighted by Crippen LogP contribution is 2.40. The molecule has 11 nitrogen and oxygen atoms in total. The number of nitrogens with one attached hydrogen (secondary N) is 2. The number of thiophene rings is 1. The third kappa shape index (κ3) is 6.36. The van der Waals surface area contributed by atoms with Gasteiger partial charge in [-0.05, 0) is 26.0 Å². The van der Waals surface area contributed by atoms with Crippen molar-refractivity contribution in [3.8, 4) is 0 Å². The van der Waals surface area contributed by atoms with Gasteiger partial charge in [0, 0.05) is 50.6 Å². The number of esters is 1. The Labute approximate surface area is 191 Å². The van der Waals surface area contributed by atoms with E-state index in [2.05, 4.69) is 10.1 Å². The summed E-state index contributed by atoms with van der Waals surface area (Å²) in [5.41, 5.74) is 0.342. The quantitative estimate of drug-likeness (QED) is 0.245. The Hall–Kier alpha value is -1.84. The lowest BCUT2D eigenvalue weighted by Crippen LogP contribution is -2.43.